The first-order valence-corrected chi connectivity index (χ1v) is 10.3. The number of anilines is 1. The van der Waals surface area contributed by atoms with E-state index in [1.165, 1.54) is 41.0 Å². The standard InChI is InChI=1S/C18H24N4S.C2H6/c1-12-2-4-13(5-3-12)15-11-23-18(17(15)21-19)16-10-22(16)14-6-8-20-9-7-14;1-2/h2-5,11,14,16,20-21H,6-10,19H2,1H3;1-2H3. The van der Waals surface area contributed by atoms with E-state index in [0.29, 0.717) is 6.04 Å². The van der Waals surface area contributed by atoms with Gasteiger partial charge >= 0.3 is 0 Å². The highest BCUT2D eigenvalue weighted by Gasteiger charge is 2.43. The lowest BCUT2D eigenvalue weighted by molar-refractivity contribution is 0.294. The Kier molecular flexibility index (Phi) is 6.12. The van der Waals surface area contributed by atoms with Gasteiger partial charge in [0.25, 0.3) is 0 Å². The van der Waals surface area contributed by atoms with Gasteiger partial charge < -0.3 is 10.7 Å². The number of piperidine rings is 1. The van der Waals surface area contributed by atoms with Crippen LogP contribution in [0.2, 0.25) is 0 Å². The van der Waals surface area contributed by atoms with E-state index in [4.69, 9.17) is 5.84 Å². The number of nitrogens with one attached hydrogen (secondary N) is 2. The van der Waals surface area contributed by atoms with E-state index in [1.807, 2.05) is 25.2 Å². The number of aryl methyl sites for hydroxylation is 1. The zero-order valence-electron chi connectivity index (χ0n) is 15.5. The van der Waals surface area contributed by atoms with Gasteiger partial charge in [-0.15, -0.1) is 11.3 Å². The zero-order valence-corrected chi connectivity index (χ0v) is 16.3. The predicted octanol–water partition coefficient (Wildman–Crippen LogP) is 4.14. The fourth-order valence-corrected chi connectivity index (χ4v) is 4.79. The van der Waals surface area contributed by atoms with Gasteiger partial charge in [-0.3, -0.25) is 10.7 Å². The maximum atomic E-state index is 5.88. The van der Waals surface area contributed by atoms with Crippen LogP contribution in [0.15, 0.2) is 29.6 Å². The molecule has 4 rings (SSSR count). The molecule has 2 saturated heterocycles. The summed E-state index contributed by atoms with van der Waals surface area (Å²) in [4.78, 5) is 4.02. The average molecular weight is 359 g/mol. The van der Waals surface area contributed by atoms with Crippen molar-refractivity contribution in [3.8, 4) is 11.1 Å². The minimum Gasteiger partial charge on any atom is -0.322 e. The van der Waals surface area contributed by atoms with Crippen LogP contribution in [0.4, 0.5) is 5.69 Å². The van der Waals surface area contributed by atoms with Crippen LogP contribution in [-0.4, -0.2) is 30.6 Å². The molecule has 1 aromatic heterocycles. The Labute approximate surface area is 155 Å². The van der Waals surface area contributed by atoms with Gasteiger partial charge in [-0.2, -0.15) is 0 Å². The molecule has 25 heavy (non-hydrogen) atoms. The molecule has 2 aromatic rings. The molecule has 0 saturated carbocycles. The number of benzene rings is 1. The molecule has 136 valence electrons. The second-order valence-corrected chi connectivity index (χ2v) is 7.50. The van der Waals surface area contributed by atoms with Crippen LogP contribution in [-0.2, 0) is 0 Å². The molecular formula is C20H30N4S. The lowest BCUT2D eigenvalue weighted by atomic mass is 10.0. The van der Waals surface area contributed by atoms with Gasteiger partial charge in [0.05, 0.1) is 11.7 Å². The lowest BCUT2D eigenvalue weighted by Crippen LogP contribution is -2.35. The molecule has 5 heteroatoms. The van der Waals surface area contributed by atoms with Crippen molar-refractivity contribution < 1.29 is 0 Å². The van der Waals surface area contributed by atoms with Crippen LogP contribution in [0.25, 0.3) is 11.1 Å². The van der Waals surface area contributed by atoms with Crippen LogP contribution >= 0.6 is 11.3 Å². The molecular weight excluding hydrogens is 328 g/mol. The van der Waals surface area contributed by atoms with Crippen LogP contribution in [0.1, 0.15) is 43.2 Å². The van der Waals surface area contributed by atoms with Crippen LogP contribution in [0, 0.1) is 6.92 Å². The second-order valence-electron chi connectivity index (χ2n) is 6.59. The number of hydrogen-bond acceptors (Lipinski definition) is 5. The number of rotatable bonds is 4. The molecule has 2 aliphatic heterocycles. The Morgan fingerprint density at radius 2 is 1.84 bits per heavy atom. The predicted molar refractivity (Wildman–Crippen MR) is 109 cm³/mol. The van der Waals surface area contributed by atoms with Gasteiger partial charge in [0, 0.05) is 28.4 Å². The molecule has 2 atom stereocenters. The van der Waals surface area contributed by atoms with Crippen LogP contribution in [0.5, 0.6) is 0 Å². The first-order valence-electron chi connectivity index (χ1n) is 9.39. The molecule has 0 spiro atoms. The number of nitrogen functional groups attached to an aromatic ring is 1. The summed E-state index contributed by atoms with van der Waals surface area (Å²) in [6.45, 7) is 9.59. The lowest BCUT2D eigenvalue weighted by Gasteiger charge is -2.24. The Morgan fingerprint density at radius 1 is 1.16 bits per heavy atom. The van der Waals surface area contributed by atoms with E-state index in [-0.39, 0.29) is 0 Å². The number of hydrazine groups is 1. The molecule has 0 aliphatic carbocycles. The van der Waals surface area contributed by atoms with Crippen molar-refractivity contribution in [2.24, 2.45) is 5.84 Å². The third kappa shape index (κ3) is 3.90. The summed E-state index contributed by atoms with van der Waals surface area (Å²) < 4.78 is 0. The van der Waals surface area contributed by atoms with Gasteiger partial charge in [0.15, 0.2) is 0 Å². The minimum atomic E-state index is 0.549. The van der Waals surface area contributed by atoms with Crippen LogP contribution in [0.3, 0.4) is 0 Å². The molecule has 0 amide bonds. The third-order valence-corrected chi connectivity index (χ3v) is 6.14. The maximum absolute atomic E-state index is 5.88. The summed E-state index contributed by atoms with van der Waals surface area (Å²) in [6.07, 6.45) is 2.52. The quantitative estimate of drug-likeness (QED) is 0.437. The normalized spacial score (nSPS) is 22.9. The number of hydrogen-bond donors (Lipinski definition) is 3. The number of thiophene rings is 1. The molecule has 4 N–H and O–H groups in total. The first kappa shape index (κ1) is 18.4. The molecule has 3 heterocycles. The summed E-state index contributed by atoms with van der Waals surface area (Å²) in [5.41, 5.74) is 7.83. The van der Waals surface area contributed by atoms with Crippen molar-refractivity contribution in [2.75, 3.05) is 25.1 Å². The van der Waals surface area contributed by atoms with Gasteiger partial charge in [-0.1, -0.05) is 43.7 Å². The van der Waals surface area contributed by atoms with E-state index in [0.717, 1.165) is 24.8 Å². The molecule has 0 radical (unpaired) electrons. The SMILES string of the molecule is CC.Cc1ccc(-c2csc(C3CN3C3CCNCC3)c2NN)cc1. The molecule has 2 aliphatic rings. The Morgan fingerprint density at radius 3 is 2.48 bits per heavy atom. The van der Waals surface area contributed by atoms with E-state index in [9.17, 15) is 0 Å². The van der Waals surface area contributed by atoms with Gasteiger partial charge in [0.1, 0.15) is 0 Å². The highest BCUT2D eigenvalue weighted by molar-refractivity contribution is 7.11. The van der Waals surface area contributed by atoms with Crippen molar-refractivity contribution in [2.45, 2.75) is 45.7 Å². The summed E-state index contributed by atoms with van der Waals surface area (Å²) in [5.74, 6) is 5.88. The highest BCUT2D eigenvalue weighted by Crippen LogP contribution is 2.48. The van der Waals surface area contributed by atoms with Crippen molar-refractivity contribution in [3.05, 3.63) is 40.1 Å². The Hall–Kier alpha value is -1.40. The summed E-state index contributed by atoms with van der Waals surface area (Å²) >= 11 is 1.84. The molecule has 4 nitrogen and oxygen atoms in total. The van der Waals surface area contributed by atoms with Crippen molar-refractivity contribution in [1.82, 2.24) is 10.2 Å². The van der Waals surface area contributed by atoms with E-state index in [2.05, 4.69) is 52.2 Å². The summed E-state index contributed by atoms with van der Waals surface area (Å²) in [5, 5.41) is 5.69. The largest absolute Gasteiger partial charge is 0.322 e. The van der Waals surface area contributed by atoms with E-state index >= 15 is 0 Å². The highest BCUT2D eigenvalue weighted by atomic mass is 32.1. The van der Waals surface area contributed by atoms with Crippen LogP contribution < -0.4 is 16.6 Å². The second kappa shape index (κ2) is 8.32. The number of nitrogens with zero attached hydrogens (tertiary/aromatic N) is 1. The smallest absolute Gasteiger partial charge is 0.0720 e. The topological polar surface area (TPSA) is 53.1 Å². The summed E-state index contributed by atoms with van der Waals surface area (Å²) in [6, 6.07) is 9.96. The summed E-state index contributed by atoms with van der Waals surface area (Å²) in [7, 11) is 0. The van der Waals surface area contributed by atoms with Crippen molar-refractivity contribution in [1.29, 1.82) is 0 Å². The molecule has 2 unspecified atom stereocenters. The maximum Gasteiger partial charge on any atom is 0.0720 e. The van der Waals surface area contributed by atoms with Crippen molar-refractivity contribution >= 4 is 17.0 Å². The minimum absolute atomic E-state index is 0.549. The first-order chi connectivity index (χ1) is 12.3. The molecule has 0 bridgehead atoms. The monoisotopic (exact) mass is 358 g/mol. The van der Waals surface area contributed by atoms with E-state index < -0.39 is 0 Å². The van der Waals surface area contributed by atoms with Gasteiger partial charge in [-0.25, -0.2) is 0 Å². The van der Waals surface area contributed by atoms with Gasteiger partial charge in [-0.05, 0) is 38.4 Å². The van der Waals surface area contributed by atoms with Crippen molar-refractivity contribution in [3.63, 3.8) is 0 Å². The fraction of sp³-hybridized carbons (Fsp3) is 0.500. The number of nitrogens with two attached hydrogens (primary N) is 1. The Bertz CT molecular complexity index is 674. The van der Waals surface area contributed by atoms with E-state index in [1.54, 1.807) is 0 Å². The molecule has 2 fully saturated rings. The fourth-order valence-electron chi connectivity index (χ4n) is 3.64. The zero-order chi connectivity index (χ0) is 17.8. The Balaban J connectivity index is 0.000000880. The average Bonchev–Trinajstić information content (AvgIpc) is 3.36. The van der Waals surface area contributed by atoms with Gasteiger partial charge in [0.2, 0.25) is 0 Å². The molecule has 1 aromatic carbocycles. The third-order valence-electron chi connectivity index (χ3n) is 5.06.